The third-order valence-corrected chi connectivity index (χ3v) is 3.19. The SMILES string of the molecule is CC(C)(C)OC(=O)N1CC=C(c2ccc(O)cc2O)CC1. The number of hydrogen-bond donors (Lipinski definition) is 2. The van der Waals surface area contributed by atoms with Gasteiger partial charge in [-0.15, -0.1) is 0 Å². The van der Waals surface area contributed by atoms with Crippen molar-refractivity contribution in [3.63, 3.8) is 0 Å². The van der Waals surface area contributed by atoms with Crippen LogP contribution in [-0.4, -0.2) is 39.9 Å². The average Bonchev–Trinajstić information content (AvgIpc) is 2.37. The van der Waals surface area contributed by atoms with E-state index in [1.54, 1.807) is 11.0 Å². The van der Waals surface area contributed by atoms with Crippen molar-refractivity contribution in [3.8, 4) is 11.5 Å². The first-order chi connectivity index (χ1) is 9.76. The zero-order chi connectivity index (χ0) is 15.6. The van der Waals surface area contributed by atoms with Crippen LogP contribution in [0.2, 0.25) is 0 Å². The summed E-state index contributed by atoms with van der Waals surface area (Å²) in [5.74, 6) is 0.0787. The van der Waals surface area contributed by atoms with Crippen molar-refractivity contribution in [1.29, 1.82) is 0 Å². The molecule has 0 bridgehead atoms. The monoisotopic (exact) mass is 291 g/mol. The molecule has 1 amide bonds. The minimum Gasteiger partial charge on any atom is -0.508 e. The Morgan fingerprint density at radius 2 is 2.00 bits per heavy atom. The summed E-state index contributed by atoms with van der Waals surface area (Å²) >= 11 is 0. The van der Waals surface area contributed by atoms with E-state index < -0.39 is 5.60 Å². The molecule has 0 aliphatic carbocycles. The molecule has 21 heavy (non-hydrogen) atoms. The van der Waals surface area contributed by atoms with Crippen molar-refractivity contribution in [3.05, 3.63) is 29.8 Å². The number of nitrogens with zero attached hydrogens (tertiary/aromatic N) is 1. The molecule has 0 unspecified atom stereocenters. The molecule has 1 aromatic rings. The summed E-state index contributed by atoms with van der Waals surface area (Å²) in [4.78, 5) is 13.6. The highest BCUT2D eigenvalue weighted by atomic mass is 16.6. The lowest BCUT2D eigenvalue weighted by Crippen LogP contribution is -2.39. The van der Waals surface area contributed by atoms with Gasteiger partial charge >= 0.3 is 6.09 Å². The van der Waals surface area contributed by atoms with Gasteiger partial charge in [0.1, 0.15) is 17.1 Å². The Hall–Kier alpha value is -2.17. The molecule has 114 valence electrons. The number of phenolic OH excluding ortho intramolecular Hbond substituents is 2. The zero-order valence-electron chi connectivity index (χ0n) is 12.6. The Labute approximate surface area is 124 Å². The summed E-state index contributed by atoms with van der Waals surface area (Å²) in [5, 5.41) is 19.2. The van der Waals surface area contributed by atoms with Crippen LogP contribution in [0.15, 0.2) is 24.3 Å². The van der Waals surface area contributed by atoms with E-state index in [1.807, 2.05) is 26.8 Å². The van der Waals surface area contributed by atoms with Gasteiger partial charge in [0.05, 0.1) is 0 Å². The number of amides is 1. The second-order valence-corrected chi connectivity index (χ2v) is 6.11. The van der Waals surface area contributed by atoms with Crippen LogP contribution in [0.25, 0.3) is 5.57 Å². The van der Waals surface area contributed by atoms with Gasteiger partial charge in [0.25, 0.3) is 0 Å². The van der Waals surface area contributed by atoms with Crippen LogP contribution in [0.5, 0.6) is 11.5 Å². The van der Waals surface area contributed by atoms with Gasteiger partial charge in [0.15, 0.2) is 0 Å². The summed E-state index contributed by atoms with van der Waals surface area (Å²) in [7, 11) is 0. The maximum atomic E-state index is 12.0. The first-order valence-corrected chi connectivity index (χ1v) is 6.95. The smallest absolute Gasteiger partial charge is 0.410 e. The van der Waals surface area contributed by atoms with E-state index in [0.29, 0.717) is 25.1 Å². The minimum absolute atomic E-state index is 0.0306. The molecule has 1 aliphatic rings. The van der Waals surface area contributed by atoms with Gasteiger partial charge in [-0.2, -0.15) is 0 Å². The van der Waals surface area contributed by atoms with Gasteiger partial charge < -0.3 is 19.8 Å². The number of carbonyl (C=O) groups excluding carboxylic acids is 1. The first kappa shape index (κ1) is 15.2. The Bertz CT molecular complexity index is 572. The predicted octanol–water partition coefficient (Wildman–Crippen LogP) is 3.12. The van der Waals surface area contributed by atoms with E-state index in [9.17, 15) is 15.0 Å². The van der Waals surface area contributed by atoms with Crippen molar-refractivity contribution >= 4 is 11.7 Å². The molecule has 0 aromatic heterocycles. The van der Waals surface area contributed by atoms with E-state index in [-0.39, 0.29) is 17.6 Å². The van der Waals surface area contributed by atoms with Gasteiger partial charge in [-0.1, -0.05) is 6.08 Å². The second-order valence-electron chi connectivity index (χ2n) is 6.11. The van der Waals surface area contributed by atoms with Crippen molar-refractivity contribution in [2.45, 2.75) is 32.8 Å². The first-order valence-electron chi connectivity index (χ1n) is 6.95. The summed E-state index contributed by atoms with van der Waals surface area (Å²) in [6.07, 6.45) is 2.21. The number of benzene rings is 1. The topological polar surface area (TPSA) is 70.0 Å². The quantitative estimate of drug-likeness (QED) is 0.834. The largest absolute Gasteiger partial charge is 0.508 e. The fraction of sp³-hybridized carbons (Fsp3) is 0.438. The van der Waals surface area contributed by atoms with Crippen LogP contribution in [0.1, 0.15) is 32.8 Å². The molecule has 0 fully saturated rings. The third-order valence-electron chi connectivity index (χ3n) is 3.19. The minimum atomic E-state index is -0.504. The van der Waals surface area contributed by atoms with E-state index in [4.69, 9.17) is 4.74 Å². The van der Waals surface area contributed by atoms with Crippen molar-refractivity contribution in [2.75, 3.05) is 13.1 Å². The molecule has 1 heterocycles. The molecule has 5 nitrogen and oxygen atoms in total. The van der Waals surface area contributed by atoms with E-state index >= 15 is 0 Å². The van der Waals surface area contributed by atoms with E-state index in [2.05, 4.69) is 0 Å². The van der Waals surface area contributed by atoms with E-state index in [1.165, 1.54) is 12.1 Å². The fourth-order valence-corrected chi connectivity index (χ4v) is 2.20. The summed E-state index contributed by atoms with van der Waals surface area (Å²) in [5.41, 5.74) is 1.15. The van der Waals surface area contributed by atoms with Crippen LogP contribution < -0.4 is 0 Å². The summed E-state index contributed by atoms with van der Waals surface area (Å²) < 4.78 is 5.33. The highest BCUT2D eigenvalue weighted by Crippen LogP contribution is 2.32. The fourth-order valence-electron chi connectivity index (χ4n) is 2.20. The molecular formula is C16H21NO4. The lowest BCUT2D eigenvalue weighted by Gasteiger charge is -2.29. The summed E-state index contributed by atoms with van der Waals surface area (Å²) in [6.45, 7) is 6.51. The average molecular weight is 291 g/mol. The molecule has 2 rings (SSSR count). The Balaban J connectivity index is 2.07. The van der Waals surface area contributed by atoms with Crippen LogP contribution in [0.4, 0.5) is 4.79 Å². The Morgan fingerprint density at radius 3 is 2.52 bits per heavy atom. The highest BCUT2D eigenvalue weighted by molar-refractivity contribution is 5.75. The van der Waals surface area contributed by atoms with Crippen LogP contribution >= 0.6 is 0 Å². The van der Waals surface area contributed by atoms with Crippen LogP contribution in [0.3, 0.4) is 0 Å². The van der Waals surface area contributed by atoms with Gasteiger partial charge in [0, 0.05) is 24.7 Å². The molecule has 0 saturated heterocycles. The van der Waals surface area contributed by atoms with Crippen LogP contribution in [0, 0.1) is 0 Å². The number of ether oxygens (including phenoxy) is 1. The zero-order valence-corrected chi connectivity index (χ0v) is 12.6. The van der Waals surface area contributed by atoms with E-state index in [0.717, 1.165) is 5.57 Å². The third kappa shape index (κ3) is 3.90. The second kappa shape index (κ2) is 5.68. The molecule has 5 heteroatoms. The van der Waals surface area contributed by atoms with Crippen molar-refractivity contribution in [1.82, 2.24) is 4.90 Å². The number of aromatic hydroxyl groups is 2. The molecule has 0 atom stereocenters. The lowest BCUT2D eigenvalue weighted by atomic mass is 9.98. The Kier molecular flexibility index (Phi) is 4.11. The molecule has 1 aromatic carbocycles. The predicted molar refractivity (Wildman–Crippen MR) is 80.2 cm³/mol. The van der Waals surface area contributed by atoms with Crippen molar-refractivity contribution < 1.29 is 19.7 Å². The molecule has 2 N–H and O–H groups in total. The maximum Gasteiger partial charge on any atom is 0.410 e. The van der Waals surface area contributed by atoms with Crippen LogP contribution in [-0.2, 0) is 4.74 Å². The lowest BCUT2D eigenvalue weighted by molar-refractivity contribution is 0.0270. The number of rotatable bonds is 1. The highest BCUT2D eigenvalue weighted by Gasteiger charge is 2.24. The van der Waals surface area contributed by atoms with Gasteiger partial charge in [-0.3, -0.25) is 0 Å². The van der Waals surface area contributed by atoms with Gasteiger partial charge in [0.2, 0.25) is 0 Å². The van der Waals surface area contributed by atoms with Gasteiger partial charge in [-0.25, -0.2) is 4.79 Å². The molecule has 0 radical (unpaired) electrons. The molecule has 1 aliphatic heterocycles. The number of hydrogen-bond acceptors (Lipinski definition) is 4. The number of phenols is 2. The normalized spacial score (nSPS) is 15.6. The number of carbonyl (C=O) groups is 1. The summed E-state index contributed by atoms with van der Waals surface area (Å²) in [6, 6.07) is 4.53. The maximum absolute atomic E-state index is 12.0. The van der Waals surface area contributed by atoms with Crippen molar-refractivity contribution in [2.24, 2.45) is 0 Å². The molecule has 0 spiro atoms. The van der Waals surface area contributed by atoms with Gasteiger partial charge in [-0.05, 0) is 44.9 Å². The Morgan fingerprint density at radius 1 is 1.29 bits per heavy atom. The molecule has 0 saturated carbocycles. The molecular weight excluding hydrogens is 270 g/mol. The standard InChI is InChI=1S/C16H21NO4/c1-16(2,3)21-15(20)17-8-6-11(7-9-17)13-5-4-12(18)10-14(13)19/h4-6,10,18-19H,7-9H2,1-3H3.